The second kappa shape index (κ2) is 4.53. The van der Waals surface area contributed by atoms with Gasteiger partial charge in [-0.1, -0.05) is 11.8 Å². The lowest BCUT2D eigenvalue weighted by atomic mass is 10.2. The molecule has 0 N–H and O–H groups in total. The molecule has 3 nitrogen and oxygen atoms in total. The van der Waals surface area contributed by atoms with Crippen LogP contribution in [-0.2, 0) is 4.79 Å². The van der Waals surface area contributed by atoms with E-state index >= 15 is 0 Å². The predicted molar refractivity (Wildman–Crippen MR) is 64.7 cm³/mol. The standard InChI is InChI=1S/C12H16N2OS/c1-7-8(2)13-12(14-9(7)3)16-11-5-4-10(15)6-11/h11H,4-6H2,1-3H3. The number of ketones is 1. The van der Waals surface area contributed by atoms with E-state index in [2.05, 4.69) is 9.97 Å². The maximum atomic E-state index is 11.2. The van der Waals surface area contributed by atoms with Crippen LogP contribution >= 0.6 is 11.8 Å². The van der Waals surface area contributed by atoms with Gasteiger partial charge < -0.3 is 0 Å². The summed E-state index contributed by atoms with van der Waals surface area (Å²) in [4.78, 5) is 20.1. The highest BCUT2D eigenvalue weighted by molar-refractivity contribution is 7.99. The van der Waals surface area contributed by atoms with E-state index in [-0.39, 0.29) is 0 Å². The van der Waals surface area contributed by atoms with Gasteiger partial charge in [-0.05, 0) is 32.8 Å². The first kappa shape index (κ1) is 11.6. The van der Waals surface area contributed by atoms with E-state index in [0.717, 1.165) is 34.9 Å². The summed E-state index contributed by atoms with van der Waals surface area (Å²) < 4.78 is 0. The first-order chi connectivity index (χ1) is 7.56. The van der Waals surface area contributed by atoms with E-state index in [1.165, 1.54) is 0 Å². The lowest BCUT2D eigenvalue weighted by Gasteiger charge is -2.09. The highest BCUT2D eigenvalue weighted by Crippen LogP contribution is 2.31. The molecule has 2 rings (SSSR count). The van der Waals surface area contributed by atoms with Crippen molar-refractivity contribution in [3.63, 3.8) is 0 Å². The molecule has 1 saturated carbocycles. The average Bonchev–Trinajstić information content (AvgIpc) is 2.60. The molecule has 0 amide bonds. The zero-order valence-electron chi connectivity index (χ0n) is 9.91. The van der Waals surface area contributed by atoms with Gasteiger partial charge >= 0.3 is 0 Å². The first-order valence-corrected chi connectivity index (χ1v) is 6.44. The van der Waals surface area contributed by atoms with Crippen LogP contribution in [0.5, 0.6) is 0 Å². The van der Waals surface area contributed by atoms with Crippen LogP contribution < -0.4 is 0 Å². The molecular formula is C12H16N2OS. The predicted octanol–water partition coefficient (Wildman–Crippen LogP) is 2.62. The van der Waals surface area contributed by atoms with Gasteiger partial charge in [0.25, 0.3) is 0 Å². The topological polar surface area (TPSA) is 42.9 Å². The molecule has 1 aromatic rings. The van der Waals surface area contributed by atoms with Crippen molar-refractivity contribution < 1.29 is 4.79 Å². The van der Waals surface area contributed by atoms with Crippen LogP contribution in [0.25, 0.3) is 0 Å². The molecule has 1 aliphatic carbocycles. The van der Waals surface area contributed by atoms with Crippen LogP contribution in [0.2, 0.25) is 0 Å². The number of hydrogen-bond donors (Lipinski definition) is 0. The van der Waals surface area contributed by atoms with E-state index in [4.69, 9.17) is 0 Å². The summed E-state index contributed by atoms with van der Waals surface area (Å²) in [5, 5.41) is 1.20. The molecule has 1 aromatic heterocycles. The Kier molecular flexibility index (Phi) is 3.28. The molecule has 1 aliphatic rings. The average molecular weight is 236 g/mol. The highest BCUT2D eigenvalue weighted by Gasteiger charge is 2.24. The quantitative estimate of drug-likeness (QED) is 0.740. The van der Waals surface area contributed by atoms with Gasteiger partial charge in [0.1, 0.15) is 5.78 Å². The Labute approximate surface area is 100 Å². The number of carbonyl (C=O) groups is 1. The van der Waals surface area contributed by atoms with E-state index in [1.54, 1.807) is 11.8 Å². The summed E-state index contributed by atoms with van der Waals surface area (Å²) in [7, 11) is 0. The fourth-order valence-corrected chi connectivity index (χ4v) is 3.01. The van der Waals surface area contributed by atoms with Crippen LogP contribution in [0.4, 0.5) is 0 Å². The number of hydrogen-bond acceptors (Lipinski definition) is 4. The van der Waals surface area contributed by atoms with Crippen molar-refractivity contribution in [2.24, 2.45) is 0 Å². The number of aryl methyl sites for hydroxylation is 2. The fraction of sp³-hybridized carbons (Fsp3) is 0.583. The highest BCUT2D eigenvalue weighted by atomic mass is 32.2. The Hall–Kier alpha value is -0.900. The summed E-state index contributed by atoms with van der Waals surface area (Å²) in [5.74, 6) is 0.373. The second-order valence-corrected chi connectivity index (χ2v) is 5.59. The zero-order valence-corrected chi connectivity index (χ0v) is 10.7. The molecule has 1 unspecified atom stereocenters. The van der Waals surface area contributed by atoms with Crippen molar-refractivity contribution in [3.8, 4) is 0 Å². The van der Waals surface area contributed by atoms with Crippen LogP contribution in [0.1, 0.15) is 36.2 Å². The molecule has 86 valence electrons. The largest absolute Gasteiger partial charge is 0.300 e. The third kappa shape index (κ3) is 2.43. The molecule has 0 saturated heterocycles. The van der Waals surface area contributed by atoms with Crippen LogP contribution in [0.3, 0.4) is 0 Å². The summed E-state index contributed by atoms with van der Waals surface area (Å²) in [5.41, 5.74) is 3.24. The molecular weight excluding hydrogens is 220 g/mol. The maximum absolute atomic E-state index is 11.2. The number of aromatic nitrogens is 2. The molecule has 0 aliphatic heterocycles. The van der Waals surface area contributed by atoms with Crippen LogP contribution in [0, 0.1) is 20.8 Å². The van der Waals surface area contributed by atoms with Crippen molar-refractivity contribution in [2.75, 3.05) is 0 Å². The van der Waals surface area contributed by atoms with Gasteiger partial charge in [-0.25, -0.2) is 9.97 Å². The van der Waals surface area contributed by atoms with E-state index < -0.39 is 0 Å². The number of nitrogens with zero attached hydrogens (tertiary/aromatic N) is 2. The summed E-state index contributed by atoms with van der Waals surface area (Å²) in [6.07, 6.45) is 2.38. The first-order valence-electron chi connectivity index (χ1n) is 5.56. The van der Waals surface area contributed by atoms with E-state index in [1.807, 2.05) is 20.8 Å². The van der Waals surface area contributed by atoms with Crippen LogP contribution in [0.15, 0.2) is 5.16 Å². The third-order valence-electron chi connectivity index (χ3n) is 3.08. The molecule has 0 aromatic carbocycles. The van der Waals surface area contributed by atoms with Gasteiger partial charge in [-0.15, -0.1) is 0 Å². The molecule has 0 bridgehead atoms. The minimum Gasteiger partial charge on any atom is -0.300 e. The van der Waals surface area contributed by atoms with E-state index in [9.17, 15) is 4.79 Å². The van der Waals surface area contributed by atoms with Crippen molar-refractivity contribution in [1.82, 2.24) is 9.97 Å². The maximum Gasteiger partial charge on any atom is 0.188 e. The Balaban J connectivity index is 2.13. The Bertz CT molecular complexity index is 408. The monoisotopic (exact) mass is 236 g/mol. The van der Waals surface area contributed by atoms with Crippen molar-refractivity contribution in [2.45, 2.75) is 50.4 Å². The molecule has 1 heterocycles. The van der Waals surface area contributed by atoms with Gasteiger partial charge in [0.05, 0.1) is 0 Å². The number of Topliss-reactive ketones (excluding diaryl/α,β-unsaturated/α-hetero) is 1. The minimum atomic E-state index is 0.373. The summed E-state index contributed by atoms with van der Waals surface area (Å²) >= 11 is 1.65. The van der Waals surface area contributed by atoms with E-state index in [0.29, 0.717) is 17.5 Å². The Morgan fingerprint density at radius 3 is 2.31 bits per heavy atom. The molecule has 16 heavy (non-hydrogen) atoms. The smallest absolute Gasteiger partial charge is 0.188 e. The van der Waals surface area contributed by atoms with Gasteiger partial charge in [0, 0.05) is 29.5 Å². The van der Waals surface area contributed by atoms with Crippen molar-refractivity contribution in [3.05, 3.63) is 17.0 Å². The van der Waals surface area contributed by atoms with Gasteiger partial charge in [0.2, 0.25) is 0 Å². The number of thioether (sulfide) groups is 1. The van der Waals surface area contributed by atoms with Gasteiger partial charge in [-0.2, -0.15) is 0 Å². The van der Waals surface area contributed by atoms with Crippen molar-refractivity contribution >= 4 is 17.5 Å². The Morgan fingerprint density at radius 1 is 1.19 bits per heavy atom. The normalized spacial score (nSPS) is 20.4. The van der Waals surface area contributed by atoms with Crippen LogP contribution in [-0.4, -0.2) is 21.0 Å². The molecule has 1 atom stereocenters. The fourth-order valence-electron chi connectivity index (χ4n) is 1.82. The number of rotatable bonds is 2. The molecule has 0 spiro atoms. The molecule has 4 heteroatoms. The lowest BCUT2D eigenvalue weighted by Crippen LogP contribution is -2.02. The SMILES string of the molecule is Cc1nc(SC2CCC(=O)C2)nc(C)c1C. The van der Waals surface area contributed by atoms with Gasteiger partial charge in [0.15, 0.2) is 5.16 Å². The minimum absolute atomic E-state index is 0.373. The third-order valence-corrected chi connectivity index (χ3v) is 4.21. The zero-order chi connectivity index (χ0) is 11.7. The molecule has 1 fully saturated rings. The van der Waals surface area contributed by atoms with Crippen molar-refractivity contribution in [1.29, 1.82) is 0 Å². The lowest BCUT2D eigenvalue weighted by molar-refractivity contribution is -0.117. The summed E-state index contributed by atoms with van der Waals surface area (Å²) in [6, 6.07) is 0. The second-order valence-electron chi connectivity index (χ2n) is 4.32. The molecule has 0 radical (unpaired) electrons. The number of carbonyl (C=O) groups excluding carboxylic acids is 1. The Morgan fingerprint density at radius 2 is 1.81 bits per heavy atom. The summed E-state index contributed by atoms with van der Waals surface area (Å²) in [6.45, 7) is 6.06. The van der Waals surface area contributed by atoms with Gasteiger partial charge in [-0.3, -0.25) is 4.79 Å².